The summed E-state index contributed by atoms with van der Waals surface area (Å²) in [6.45, 7) is 2.95. The van der Waals surface area contributed by atoms with Crippen molar-refractivity contribution in [2.45, 2.75) is 19.9 Å². The number of ketones is 1. The number of hydrogen-bond acceptors (Lipinski definition) is 4. The standard InChI is InChI=1S/C18H20N2O4/c1-12(14-7-5-4-6-8-14)20(3)17(22)11-24-18(23)16-9-15(10-19-16)13(2)21/h4-10,12,19H,11H2,1-3H3/t12-/m0/s1. The van der Waals surface area contributed by atoms with E-state index in [1.54, 1.807) is 7.05 Å². The first-order valence-electron chi connectivity index (χ1n) is 7.57. The van der Waals surface area contributed by atoms with Crippen LogP contribution in [0.2, 0.25) is 0 Å². The third-order valence-electron chi connectivity index (χ3n) is 3.89. The first kappa shape index (κ1) is 17.5. The van der Waals surface area contributed by atoms with E-state index in [4.69, 9.17) is 4.74 Å². The van der Waals surface area contributed by atoms with Gasteiger partial charge in [0.05, 0.1) is 6.04 Å². The molecule has 6 heteroatoms. The van der Waals surface area contributed by atoms with E-state index in [1.807, 2.05) is 37.3 Å². The van der Waals surface area contributed by atoms with Crippen LogP contribution in [-0.4, -0.2) is 41.2 Å². The molecule has 1 amide bonds. The Morgan fingerprint density at radius 1 is 1.21 bits per heavy atom. The molecular weight excluding hydrogens is 308 g/mol. The van der Waals surface area contributed by atoms with E-state index in [0.29, 0.717) is 5.56 Å². The lowest BCUT2D eigenvalue weighted by molar-refractivity contribution is -0.135. The van der Waals surface area contributed by atoms with Crippen molar-refractivity contribution in [1.82, 2.24) is 9.88 Å². The lowest BCUT2D eigenvalue weighted by atomic mass is 10.1. The first-order valence-corrected chi connectivity index (χ1v) is 7.57. The van der Waals surface area contributed by atoms with E-state index in [2.05, 4.69) is 4.98 Å². The molecule has 1 aromatic carbocycles. The average Bonchev–Trinajstić information content (AvgIpc) is 3.09. The summed E-state index contributed by atoms with van der Waals surface area (Å²) in [4.78, 5) is 39.5. The maximum Gasteiger partial charge on any atom is 0.355 e. The third-order valence-corrected chi connectivity index (χ3v) is 3.89. The summed E-state index contributed by atoms with van der Waals surface area (Å²) in [6.07, 6.45) is 1.43. The quantitative estimate of drug-likeness (QED) is 0.653. The molecule has 0 unspecified atom stereocenters. The van der Waals surface area contributed by atoms with Gasteiger partial charge in [0.1, 0.15) is 5.69 Å². The van der Waals surface area contributed by atoms with Gasteiger partial charge in [-0.05, 0) is 25.5 Å². The number of aromatic nitrogens is 1. The Morgan fingerprint density at radius 2 is 1.88 bits per heavy atom. The van der Waals surface area contributed by atoms with E-state index in [9.17, 15) is 14.4 Å². The normalized spacial score (nSPS) is 11.6. The van der Waals surface area contributed by atoms with Crippen molar-refractivity contribution in [2.24, 2.45) is 0 Å². The van der Waals surface area contributed by atoms with Crippen LogP contribution in [0.3, 0.4) is 0 Å². The van der Waals surface area contributed by atoms with Crippen LogP contribution in [0.15, 0.2) is 42.6 Å². The number of carbonyl (C=O) groups excluding carboxylic acids is 3. The number of likely N-dealkylation sites (N-methyl/N-ethyl adjacent to an activating group) is 1. The minimum absolute atomic E-state index is 0.132. The Kier molecular flexibility index (Phi) is 5.52. The van der Waals surface area contributed by atoms with Gasteiger partial charge in [-0.15, -0.1) is 0 Å². The van der Waals surface area contributed by atoms with Crippen molar-refractivity contribution in [3.63, 3.8) is 0 Å². The maximum absolute atomic E-state index is 12.2. The molecule has 2 rings (SSSR count). The topological polar surface area (TPSA) is 79.5 Å². The highest BCUT2D eigenvalue weighted by Gasteiger charge is 2.20. The van der Waals surface area contributed by atoms with Gasteiger partial charge in [-0.25, -0.2) is 4.79 Å². The summed E-state index contributed by atoms with van der Waals surface area (Å²) in [5.41, 5.74) is 1.53. The number of ether oxygens (including phenoxy) is 1. The van der Waals surface area contributed by atoms with Gasteiger partial charge < -0.3 is 14.6 Å². The Bertz CT molecular complexity index is 736. The molecule has 2 aromatic rings. The van der Waals surface area contributed by atoms with Gasteiger partial charge in [0.15, 0.2) is 12.4 Å². The van der Waals surface area contributed by atoms with Crippen molar-refractivity contribution in [2.75, 3.05) is 13.7 Å². The van der Waals surface area contributed by atoms with Gasteiger partial charge in [-0.2, -0.15) is 0 Å². The number of esters is 1. The minimum Gasteiger partial charge on any atom is -0.451 e. The fraction of sp³-hybridized carbons (Fsp3) is 0.278. The number of amides is 1. The van der Waals surface area contributed by atoms with E-state index >= 15 is 0 Å². The molecule has 0 aliphatic heterocycles. The van der Waals surface area contributed by atoms with Gasteiger partial charge in [0.25, 0.3) is 5.91 Å². The fourth-order valence-electron chi connectivity index (χ4n) is 2.19. The van der Waals surface area contributed by atoms with Crippen molar-refractivity contribution in [3.8, 4) is 0 Å². The smallest absolute Gasteiger partial charge is 0.355 e. The molecule has 0 aliphatic rings. The molecule has 6 nitrogen and oxygen atoms in total. The summed E-state index contributed by atoms with van der Waals surface area (Å²) in [7, 11) is 1.66. The molecule has 126 valence electrons. The van der Waals surface area contributed by atoms with Crippen LogP contribution in [-0.2, 0) is 9.53 Å². The maximum atomic E-state index is 12.2. The highest BCUT2D eigenvalue weighted by Crippen LogP contribution is 2.18. The van der Waals surface area contributed by atoms with Crippen LogP contribution in [0.1, 0.15) is 46.3 Å². The predicted molar refractivity (Wildman–Crippen MR) is 88.7 cm³/mol. The summed E-state index contributed by atoms with van der Waals surface area (Å²) in [5.74, 6) is -1.13. The number of aromatic amines is 1. The Hall–Kier alpha value is -2.89. The van der Waals surface area contributed by atoms with Crippen LogP contribution in [0.4, 0.5) is 0 Å². The van der Waals surface area contributed by atoms with Gasteiger partial charge in [0.2, 0.25) is 0 Å². The zero-order valence-electron chi connectivity index (χ0n) is 13.9. The monoisotopic (exact) mass is 328 g/mol. The molecule has 1 heterocycles. The lowest BCUT2D eigenvalue weighted by Gasteiger charge is -2.25. The zero-order chi connectivity index (χ0) is 17.7. The number of carbonyl (C=O) groups is 3. The largest absolute Gasteiger partial charge is 0.451 e. The molecule has 1 atom stereocenters. The molecule has 1 N–H and O–H groups in total. The van der Waals surface area contributed by atoms with Crippen molar-refractivity contribution in [3.05, 3.63) is 59.4 Å². The number of nitrogens with one attached hydrogen (secondary N) is 1. The third kappa shape index (κ3) is 4.10. The van der Waals surface area contributed by atoms with E-state index in [0.717, 1.165) is 5.56 Å². The summed E-state index contributed by atoms with van der Waals surface area (Å²) in [5, 5.41) is 0. The minimum atomic E-state index is -0.670. The van der Waals surface area contributed by atoms with Crippen molar-refractivity contribution < 1.29 is 19.1 Å². The summed E-state index contributed by atoms with van der Waals surface area (Å²) < 4.78 is 5.02. The number of nitrogens with zero attached hydrogens (tertiary/aromatic N) is 1. The second kappa shape index (κ2) is 7.59. The number of hydrogen-bond donors (Lipinski definition) is 1. The van der Waals surface area contributed by atoms with Gasteiger partial charge in [-0.3, -0.25) is 9.59 Å². The van der Waals surface area contributed by atoms with Crippen LogP contribution in [0.25, 0.3) is 0 Å². The molecular formula is C18H20N2O4. The van der Waals surface area contributed by atoms with Crippen molar-refractivity contribution in [1.29, 1.82) is 0 Å². The summed E-state index contributed by atoms with van der Waals surface area (Å²) in [6, 6.07) is 10.9. The molecule has 0 saturated heterocycles. The second-order valence-corrected chi connectivity index (χ2v) is 5.53. The zero-order valence-corrected chi connectivity index (χ0v) is 13.9. The van der Waals surface area contributed by atoms with Gasteiger partial charge in [0, 0.05) is 18.8 Å². The SMILES string of the molecule is CC(=O)c1c[nH]c(C(=O)OCC(=O)N(C)[C@@H](C)c2ccccc2)c1. The summed E-state index contributed by atoms with van der Waals surface area (Å²) >= 11 is 0. The Morgan fingerprint density at radius 3 is 2.46 bits per heavy atom. The Labute approximate surface area is 140 Å². The predicted octanol–water partition coefficient (Wildman–Crippen LogP) is 2.59. The number of Topliss-reactive ketones (excluding diaryl/α,β-unsaturated/α-hetero) is 1. The van der Waals surface area contributed by atoms with Crippen LogP contribution in [0.5, 0.6) is 0 Å². The van der Waals surface area contributed by atoms with Gasteiger partial charge >= 0.3 is 5.97 Å². The highest BCUT2D eigenvalue weighted by atomic mass is 16.5. The molecule has 0 radical (unpaired) electrons. The fourth-order valence-corrected chi connectivity index (χ4v) is 2.19. The van der Waals surface area contributed by atoms with E-state index < -0.39 is 5.97 Å². The number of rotatable bonds is 6. The molecule has 0 bridgehead atoms. The number of H-pyrrole nitrogens is 1. The molecule has 0 spiro atoms. The van der Waals surface area contributed by atoms with Crippen molar-refractivity contribution >= 4 is 17.7 Å². The molecule has 0 aliphatic carbocycles. The number of benzene rings is 1. The Balaban J connectivity index is 1.92. The molecule has 1 aromatic heterocycles. The second-order valence-electron chi connectivity index (χ2n) is 5.53. The van der Waals surface area contributed by atoms with Crippen LogP contribution < -0.4 is 0 Å². The van der Waals surface area contributed by atoms with E-state index in [1.165, 1.54) is 24.1 Å². The van der Waals surface area contributed by atoms with E-state index in [-0.39, 0.29) is 30.0 Å². The lowest BCUT2D eigenvalue weighted by Crippen LogP contribution is -2.33. The first-order chi connectivity index (χ1) is 11.4. The molecule has 0 fully saturated rings. The highest BCUT2D eigenvalue weighted by molar-refractivity contribution is 5.97. The van der Waals surface area contributed by atoms with Crippen LogP contribution in [0, 0.1) is 0 Å². The molecule has 0 saturated carbocycles. The molecule has 24 heavy (non-hydrogen) atoms. The van der Waals surface area contributed by atoms with Crippen LogP contribution >= 0.6 is 0 Å². The van der Waals surface area contributed by atoms with Gasteiger partial charge in [-0.1, -0.05) is 30.3 Å². The average molecular weight is 328 g/mol.